The van der Waals surface area contributed by atoms with Crippen molar-refractivity contribution in [3.8, 4) is 5.75 Å². The van der Waals surface area contributed by atoms with Crippen molar-refractivity contribution in [1.29, 1.82) is 0 Å². The summed E-state index contributed by atoms with van der Waals surface area (Å²) in [6, 6.07) is 7.62. The van der Waals surface area contributed by atoms with Crippen LogP contribution in [0.15, 0.2) is 24.3 Å². The third-order valence-corrected chi connectivity index (χ3v) is 5.21. The van der Waals surface area contributed by atoms with Crippen LogP contribution in [0, 0.1) is 0 Å². The molecule has 0 bridgehead atoms. The van der Waals surface area contributed by atoms with E-state index in [0.29, 0.717) is 18.6 Å². The van der Waals surface area contributed by atoms with Gasteiger partial charge in [0.15, 0.2) is 6.61 Å². The van der Waals surface area contributed by atoms with Crippen molar-refractivity contribution in [2.24, 2.45) is 0 Å². The van der Waals surface area contributed by atoms with Crippen LogP contribution in [-0.4, -0.2) is 40.6 Å². The molecule has 1 saturated heterocycles. The number of aliphatic carboxylic acids is 1. The second kappa shape index (κ2) is 7.47. The Balaban J connectivity index is 1.91. The van der Waals surface area contributed by atoms with Crippen molar-refractivity contribution in [2.75, 3.05) is 18.1 Å². The van der Waals surface area contributed by atoms with E-state index in [1.807, 2.05) is 24.3 Å². The molecule has 1 aliphatic rings. The van der Waals surface area contributed by atoms with Gasteiger partial charge < -0.3 is 15.2 Å². The van der Waals surface area contributed by atoms with E-state index in [1.54, 1.807) is 11.8 Å². The van der Waals surface area contributed by atoms with E-state index in [2.05, 4.69) is 26.1 Å². The summed E-state index contributed by atoms with van der Waals surface area (Å²) in [6.45, 7) is 6.20. The molecular weight excluding hydrogens is 326 g/mol. The molecule has 0 atom stereocenters. The van der Waals surface area contributed by atoms with Gasteiger partial charge in [0.25, 0.3) is 5.91 Å². The summed E-state index contributed by atoms with van der Waals surface area (Å²) in [4.78, 5) is 23.7. The minimum Gasteiger partial charge on any atom is -0.484 e. The van der Waals surface area contributed by atoms with Gasteiger partial charge in [-0.2, -0.15) is 11.8 Å². The standard InChI is InChI=1S/C18H25NO4S/c1-17(2,3)13-4-6-14(7-5-13)23-12-15(20)19-18(16(21)22)8-10-24-11-9-18/h4-7H,8-12H2,1-3H3,(H,19,20)(H,21,22). The van der Waals surface area contributed by atoms with Crippen molar-refractivity contribution in [1.82, 2.24) is 5.32 Å². The number of carboxylic acids is 1. The van der Waals surface area contributed by atoms with Crippen LogP contribution in [0.5, 0.6) is 5.75 Å². The molecule has 1 fully saturated rings. The molecule has 0 saturated carbocycles. The van der Waals surface area contributed by atoms with Crippen molar-refractivity contribution >= 4 is 23.6 Å². The summed E-state index contributed by atoms with van der Waals surface area (Å²) in [6.07, 6.45) is 0.887. The molecule has 2 N–H and O–H groups in total. The molecule has 1 amide bonds. The molecule has 0 unspecified atom stereocenters. The number of benzene rings is 1. The molecule has 0 spiro atoms. The maximum atomic E-state index is 12.1. The highest BCUT2D eigenvalue weighted by atomic mass is 32.2. The third-order valence-electron chi connectivity index (χ3n) is 4.22. The monoisotopic (exact) mass is 351 g/mol. The smallest absolute Gasteiger partial charge is 0.329 e. The van der Waals surface area contributed by atoms with E-state index in [1.165, 1.54) is 5.56 Å². The van der Waals surface area contributed by atoms with Gasteiger partial charge in [0.1, 0.15) is 11.3 Å². The van der Waals surface area contributed by atoms with E-state index in [4.69, 9.17) is 4.74 Å². The number of ether oxygens (including phenoxy) is 1. The summed E-state index contributed by atoms with van der Waals surface area (Å²) < 4.78 is 5.49. The number of carboxylic acid groups (broad SMARTS) is 1. The first-order valence-electron chi connectivity index (χ1n) is 8.08. The maximum absolute atomic E-state index is 12.1. The van der Waals surface area contributed by atoms with Gasteiger partial charge in [-0.15, -0.1) is 0 Å². The molecule has 5 nitrogen and oxygen atoms in total. The van der Waals surface area contributed by atoms with Crippen LogP contribution in [0.4, 0.5) is 0 Å². The number of hydrogen-bond acceptors (Lipinski definition) is 4. The van der Waals surface area contributed by atoms with Gasteiger partial charge in [0.05, 0.1) is 0 Å². The van der Waals surface area contributed by atoms with Crippen molar-refractivity contribution in [3.05, 3.63) is 29.8 Å². The van der Waals surface area contributed by atoms with Gasteiger partial charge >= 0.3 is 5.97 Å². The van der Waals surface area contributed by atoms with Crippen LogP contribution < -0.4 is 10.1 Å². The van der Waals surface area contributed by atoms with Crippen LogP contribution in [0.2, 0.25) is 0 Å². The summed E-state index contributed by atoms with van der Waals surface area (Å²) in [5.74, 6) is 0.709. The Morgan fingerprint density at radius 1 is 1.21 bits per heavy atom. The van der Waals surface area contributed by atoms with Gasteiger partial charge in [-0.05, 0) is 47.5 Å². The van der Waals surface area contributed by atoms with Gasteiger partial charge in [-0.25, -0.2) is 4.79 Å². The van der Waals surface area contributed by atoms with E-state index in [-0.39, 0.29) is 12.0 Å². The van der Waals surface area contributed by atoms with Crippen molar-refractivity contribution < 1.29 is 19.4 Å². The Morgan fingerprint density at radius 3 is 2.29 bits per heavy atom. The number of carbonyl (C=O) groups excluding carboxylic acids is 1. The largest absolute Gasteiger partial charge is 0.484 e. The Morgan fingerprint density at radius 2 is 1.79 bits per heavy atom. The second-order valence-corrected chi connectivity index (χ2v) is 8.34. The third kappa shape index (κ3) is 4.66. The highest BCUT2D eigenvalue weighted by Crippen LogP contribution is 2.27. The molecule has 0 aromatic heterocycles. The first kappa shape index (κ1) is 18.6. The summed E-state index contributed by atoms with van der Waals surface area (Å²) in [7, 11) is 0. The molecule has 1 heterocycles. The highest BCUT2D eigenvalue weighted by molar-refractivity contribution is 7.99. The Bertz CT molecular complexity index is 586. The summed E-state index contributed by atoms with van der Waals surface area (Å²) in [5.41, 5.74) is 0.0914. The molecule has 24 heavy (non-hydrogen) atoms. The van der Waals surface area contributed by atoms with Crippen molar-refractivity contribution in [2.45, 2.75) is 44.6 Å². The minimum atomic E-state index is -1.15. The lowest BCUT2D eigenvalue weighted by Crippen LogP contribution is -2.57. The molecule has 1 aliphatic heterocycles. The van der Waals surface area contributed by atoms with Gasteiger partial charge in [0, 0.05) is 0 Å². The summed E-state index contributed by atoms with van der Waals surface area (Å²) >= 11 is 1.71. The van der Waals surface area contributed by atoms with E-state index in [0.717, 1.165) is 11.5 Å². The predicted octanol–water partition coefficient (Wildman–Crippen LogP) is 2.83. The van der Waals surface area contributed by atoms with Gasteiger partial charge in [-0.1, -0.05) is 32.9 Å². The maximum Gasteiger partial charge on any atom is 0.329 e. The lowest BCUT2D eigenvalue weighted by Gasteiger charge is -2.33. The van der Waals surface area contributed by atoms with E-state index >= 15 is 0 Å². The zero-order valence-corrected chi connectivity index (χ0v) is 15.2. The van der Waals surface area contributed by atoms with Crippen LogP contribution in [0.1, 0.15) is 39.2 Å². The van der Waals surface area contributed by atoms with Crippen LogP contribution >= 0.6 is 11.8 Å². The summed E-state index contributed by atoms with van der Waals surface area (Å²) in [5, 5.41) is 12.1. The number of amides is 1. The molecule has 132 valence electrons. The van der Waals surface area contributed by atoms with Crippen molar-refractivity contribution in [3.63, 3.8) is 0 Å². The number of hydrogen-bond donors (Lipinski definition) is 2. The lowest BCUT2D eigenvalue weighted by molar-refractivity contribution is -0.148. The van der Waals surface area contributed by atoms with E-state index < -0.39 is 17.4 Å². The fraction of sp³-hybridized carbons (Fsp3) is 0.556. The Hall–Kier alpha value is -1.69. The average molecular weight is 351 g/mol. The SMILES string of the molecule is CC(C)(C)c1ccc(OCC(=O)NC2(C(=O)O)CCSCC2)cc1. The van der Waals surface area contributed by atoms with Crippen LogP contribution in [-0.2, 0) is 15.0 Å². The molecular formula is C18H25NO4S. The zero-order valence-electron chi connectivity index (χ0n) is 14.4. The highest BCUT2D eigenvalue weighted by Gasteiger charge is 2.41. The van der Waals surface area contributed by atoms with Crippen LogP contribution in [0.3, 0.4) is 0 Å². The fourth-order valence-electron chi connectivity index (χ4n) is 2.62. The normalized spacial score (nSPS) is 17.1. The number of thioether (sulfide) groups is 1. The molecule has 1 aromatic carbocycles. The number of rotatable bonds is 5. The van der Waals surface area contributed by atoms with Gasteiger partial charge in [0.2, 0.25) is 0 Å². The minimum absolute atomic E-state index is 0.0583. The Kier molecular flexibility index (Phi) is 5.80. The predicted molar refractivity (Wildman–Crippen MR) is 95.7 cm³/mol. The first-order chi connectivity index (χ1) is 11.2. The second-order valence-electron chi connectivity index (χ2n) is 7.11. The van der Waals surface area contributed by atoms with Gasteiger partial charge in [-0.3, -0.25) is 4.79 Å². The average Bonchev–Trinajstić information content (AvgIpc) is 2.53. The van der Waals surface area contributed by atoms with E-state index in [9.17, 15) is 14.7 Å². The zero-order chi connectivity index (χ0) is 17.8. The molecule has 2 rings (SSSR count). The molecule has 0 aliphatic carbocycles. The Labute approximate surface area is 147 Å². The fourth-order valence-corrected chi connectivity index (χ4v) is 3.80. The lowest BCUT2D eigenvalue weighted by atomic mass is 9.87. The molecule has 0 radical (unpaired) electrons. The quantitative estimate of drug-likeness (QED) is 0.853. The number of nitrogens with one attached hydrogen (secondary N) is 1. The first-order valence-corrected chi connectivity index (χ1v) is 9.24. The molecule has 1 aromatic rings. The number of carbonyl (C=O) groups is 2. The topological polar surface area (TPSA) is 75.6 Å². The van der Waals surface area contributed by atoms with Crippen LogP contribution in [0.25, 0.3) is 0 Å². The molecule has 6 heteroatoms.